The summed E-state index contributed by atoms with van der Waals surface area (Å²) in [4.78, 5) is 0. The normalized spacial score (nSPS) is 24.4. The third-order valence-electron chi connectivity index (χ3n) is 5.43. The summed E-state index contributed by atoms with van der Waals surface area (Å²) in [5.41, 5.74) is 1.01. The maximum atomic E-state index is 10.4. The van der Waals surface area contributed by atoms with Crippen LogP contribution in [0.1, 0.15) is 51.7 Å². The third kappa shape index (κ3) is 5.15. The lowest BCUT2D eigenvalue weighted by atomic mass is 9.95. The van der Waals surface area contributed by atoms with E-state index >= 15 is 0 Å². The van der Waals surface area contributed by atoms with Gasteiger partial charge in [0.15, 0.2) is 8.32 Å². The number of aliphatic hydroxyl groups is 1. The molecular weight excluding hydrogens is 302 g/mol. The first-order chi connectivity index (χ1) is 10.7. The Labute approximate surface area is 142 Å². The Kier molecular flexibility index (Phi) is 6.06. The van der Waals surface area contributed by atoms with Crippen molar-refractivity contribution in [1.82, 2.24) is 5.32 Å². The average molecular weight is 336 g/mol. The Bertz CT molecular complexity index is 476. The van der Waals surface area contributed by atoms with Crippen LogP contribution in [0.5, 0.6) is 0 Å². The first-order valence-corrected chi connectivity index (χ1v) is 11.7. The summed E-state index contributed by atoms with van der Waals surface area (Å²) in [6, 6.07) is 10.3. The van der Waals surface area contributed by atoms with Gasteiger partial charge in [-0.05, 0) is 43.0 Å². The molecular formula is C19H33NO2Si. The highest BCUT2D eigenvalue weighted by Gasteiger charge is 2.39. The second kappa shape index (κ2) is 7.47. The molecule has 1 aromatic rings. The van der Waals surface area contributed by atoms with E-state index in [1.807, 2.05) is 30.3 Å². The smallest absolute Gasteiger partial charge is 0.192 e. The van der Waals surface area contributed by atoms with Gasteiger partial charge in [0.05, 0.1) is 12.2 Å². The summed E-state index contributed by atoms with van der Waals surface area (Å²) < 4.78 is 6.50. The number of aliphatic hydroxyl groups excluding tert-OH is 1. The van der Waals surface area contributed by atoms with Crippen molar-refractivity contribution in [2.24, 2.45) is 0 Å². The fourth-order valence-electron chi connectivity index (χ4n) is 2.87. The summed E-state index contributed by atoms with van der Waals surface area (Å²) in [5, 5.41) is 14.2. The molecule has 1 aromatic carbocycles. The van der Waals surface area contributed by atoms with Crippen LogP contribution in [-0.2, 0) is 4.43 Å². The van der Waals surface area contributed by atoms with Crippen molar-refractivity contribution in [2.45, 2.75) is 76.4 Å². The van der Waals surface area contributed by atoms with Crippen LogP contribution in [0.4, 0.5) is 0 Å². The zero-order chi connectivity index (χ0) is 17.1. The van der Waals surface area contributed by atoms with Crippen LogP contribution in [-0.4, -0.2) is 32.1 Å². The predicted molar refractivity (Wildman–Crippen MR) is 99.1 cm³/mol. The van der Waals surface area contributed by atoms with E-state index in [9.17, 15) is 5.11 Å². The van der Waals surface area contributed by atoms with Crippen molar-refractivity contribution in [3.8, 4) is 0 Å². The summed E-state index contributed by atoms with van der Waals surface area (Å²) in [6.45, 7) is 12.4. The third-order valence-corrected chi connectivity index (χ3v) is 9.97. The van der Waals surface area contributed by atoms with Crippen molar-refractivity contribution in [1.29, 1.82) is 0 Å². The fourth-order valence-corrected chi connectivity index (χ4v) is 4.25. The monoisotopic (exact) mass is 335 g/mol. The Morgan fingerprint density at radius 2 is 1.87 bits per heavy atom. The average Bonchev–Trinajstić information content (AvgIpc) is 2.48. The van der Waals surface area contributed by atoms with E-state index in [1.54, 1.807) is 0 Å². The minimum atomic E-state index is -1.69. The lowest BCUT2D eigenvalue weighted by Gasteiger charge is -2.41. The van der Waals surface area contributed by atoms with Crippen LogP contribution in [0.15, 0.2) is 30.3 Å². The van der Waals surface area contributed by atoms with Gasteiger partial charge in [-0.3, -0.25) is 0 Å². The number of piperidine rings is 1. The first kappa shape index (κ1) is 18.7. The number of hydrogen-bond donors (Lipinski definition) is 2. The second-order valence-electron chi connectivity index (χ2n) is 8.34. The van der Waals surface area contributed by atoms with Crippen molar-refractivity contribution in [3.05, 3.63) is 35.9 Å². The Morgan fingerprint density at radius 3 is 2.39 bits per heavy atom. The van der Waals surface area contributed by atoms with Gasteiger partial charge in [-0.25, -0.2) is 0 Å². The molecule has 3 unspecified atom stereocenters. The molecule has 1 saturated heterocycles. The molecule has 2 rings (SSSR count). The van der Waals surface area contributed by atoms with Crippen LogP contribution in [0.25, 0.3) is 0 Å². The molecule has 1 aliphatic heterocycles. The number of nitrogens with one attached hydrogen (secondary N) is 1. The fraction of sp³-hybridized carbons (Fsp3) is 0.684. The highest BCUT2D eigenvalue weighted by atomic mass is 28.4. The van der Waals surface area contributed by atoms with Crippen molar-refractivity contribution < 1.29 is 9.53 Å². The maximum absolute atomic E-state index is 10.4. The SMILES string of the molecule is CC(C)(C)[Si](C)(C)OC1CCC(CC(O)c2ccccc2)NC1. The molecule has 4 heteroatoms. The quantitative estimate of drug-likeness (QED) is 0.790. The molecule has 0 amide bonds. The van der Waals surface area contributed by atoms with E-state index in [2.05, 4.69) is 39.2 Å². The molecule has 1 heterocycles. The second-order valence-corrected chi connectivity index (χ2v) is 13.1. The molecule has 3 atom stereocenters. The van der Waals surface area contributed by atoms with Gasteiger partial charge in [-0.2, -0.15) is 0 Å². The van der Waals surface area contributed by atoms with Crippen molar-refractivity contribution in [2.75, 3.05) is 6.54 Å². The first-order valence-electron chi connectivity index (χ1n) is 8.83. The maximum Gasteiger partial charge on any atom is 0.192 e. The van der Waals surface area contributed by atoms with Gasteiger partial charge >= 0.3 is 0 Å². The minimum Gasteiger partial charge on any atom is -0.413 e. The van der Waals surface area contributed by atoms with Crippen LogP contribution in [0, 0.1) is 0 Å². The summed E-state index contributed by atoms with van der Waals surface area (Å²) in [5.74, 6) is 0. The zero-order valence-electron chi connectivity index (χ0n) is 15.3. The number of benzene rings is 1. The summed E-state index contributed by atoms with van der Waals surface area (Å²) in [6.07, 6.45) is 2.87. The molecule has 1 aliphatic rings. The van der Waals surface area contributed by atoms with E-state index in [4.69, 9.17) is 4.43 Å². The molecule has 130 valence electrons. The largest absolute Gasteiger partial charge is 0.413 e. The molecule has 0 aromatic heterocycles. The highest BCUT2D eigenvalue weighted by Crippen LogP contribution is 2.38. The van der Waals surface area contributed by atoms with Crippen LogP contribution in [0.3, 0.4) is 0 Å². The minimum absolute atomic E-state index is 0.257. The molecule has 0 spiro atoms. The molecule has 0 aliphatic carbocycles. The standard InChI is InChI=1S/C19H33NO2Si/c1-19(2,3)23(4,5)22-17-12-11-16(20-14-17)13-18(21)15-9-7-6-8-10-15/h6-10,16-18,20-21H,11-14H2,1-5H3. The van der Waals surface area contributed by atoms with Crippen molar-refractivity contribution >= 4 is 8.32 Å². The van der Waals surface area contributed by atoms with Gasteiger partial charge in [0.1, 0.15) is 0 Å². The van der Waals surface area contributed by atoms with Crippen molar-refractivity contribution in [3.63, 3.8) is 0 Å². The molecule has 0 radical (unpaired) electrons. The lowest BCUT2D eigenvalue weighted by molar-refractivity contribution is 0.104. The van der Waals surface area contributed by atoms with Gasteiger partial charge < -0.3 is 14.8 Å². The van der Waals surface area contributed by atoms with Crippen LogP contribution >= 0.6 is 0 Å². The number of hydrogen-bond acceptors (Lipinski definition) is 3. The predicted octanol–water partition coefficient (Wildman–Crippen LogP) is 4.25. The van der Waals surface area contributed by atoms with Crippen LogP contribution < -0.4 is 5.32 Å². The molecule has 0 saturated carbocycles. The van der Waals surface area contributed by atoms with E-state index in [0.717, 1.165) is 31.4 Å². The van der Waals surface area contributed by atoms with E-state index in [0.29, 0.717) is 12.1 Å². The zero-order valence-corrected chi connectivity index (χ0v) is 16.3. The van der Waals surface area contributed by atoms with Gasteiger partial charge in [0.2, 0.25) is 0 Å². The van der Waals surface area contributed by atoms with Gasteiger partial charge in [-0.1, -0.05) is 51.1 Å². The van der Waals surface area contributed by atoms with E-state index in [-0.39, 0.29) is 11.1 Å². The Balaban J connectivity index is 1.80. The topological polar surface area (TPSA) is 41.5 Å². The molecule has 0 bridgehead atoms. The summed E-state index contributed by atoms with van der Waals surface area (Å²) >= 11 is 0. The molecule has 3 nitrogen and oxygen atoms in total. The van der Waals surface area contributed by atoms with Gasteiger partial charge in [0.25, 0.3) is 0 Å². The van der Waals surface area contributed by atoms with Crippen LogP contribution in [0.2, 0.25) is 18.1 Å². The number of rotatable bonds is 5. The summed E-state index contributed by atoms with van der Waals surface area (Å²) in [7, 11) is -1.69. The molecule has 1 fully saturated rings. The molecule has 2 N–H and O–H groups in total. The lowest BCUT2D eigenvalue weighted by Crippen LogP contribution is -2.50. The molecule has 23 heavy (non-hydrogen) atoms. The van der Waals surface area contributed by atoms with E-state index in [1.165, 1.54) is 0 Å². The van der Waals surface area contributed by atoms with Gasteiger partial charge in [0, 0.05) is 12.6 Å². The van der Waals surface area contributed by atoms with E-state index < -0.39 is 8.32 Å². The Hall–Kier alpha value is -0.683. The highest BCUT2D eigenvalue weighted by molar-refractivity contribution is 6.74. The van der Waals surface area contributed by atoms with Gasteiger partial charge in [-0.15, -0.1) is 0 Å². The Morgan fingerprint density at radius 1 is 1.22 bits per heavy atom.